The van der Waals surface area contributed by atoms with Gasteiger partial charge in [-0.2, -0.15) is 0 Å². The van der Waals surface area contributed by atoms with Crippen LogP contribution in [0.15, 0.2) is 24.3 Å². The number of amides is 2. The molecule has 0 spiro atoms. The summed E-state index contributed by atoms with van der Waals surface area (Å²) >= 11 is 0. The van der Waals surface area contributed by atoms with Gasteiger partial charge in [-0.15, -0.1) is 0 Å². The highest BCUT2D eigenvalue weighted by Crippen LogP contribution is 2.18. The maximum absolute atomic E-state index is 13.3. The molecule has 8 heteroatoms. The van der Waals surface area contributed by atoms with Gasteiger partial charge in [0, 0.05) is 32.7 Å². The van der Waals surface area contributed by atoms with Crippen LogP contribution in [0.25, 0.3) is 0 Å². The first-order valence-electron chi connectivity index (χ1n) is 8.52. The molecule has 0 bridgehead atoms. The lowest BCUT2D eigenvalue weighted by Crippen LogP contribution is -2.44. The van der Waals surface area contributed by atoms with Crippen molar-refractivity contribution in [3.05, 3.63) is 35.6 Å². The Morgan fingerprint density at radius 3 is 2.60 bits per heavy atom. The van der Waals surface area contributed by atoms with E-state index in [-0.39, 0.29) is 17.8 Å². The summed E-state index contributed by atoms with van der Waals surface area (Å²) in [6.45, 7) is 4.28. The normalized spacial score (nSPS) is 16.6. The number of halogens is 1. The summed E-state index contributed by atoms with van der Waals surface area (Å²) < 4.78 is 37.8. The van der Waals surface area contributed by atoms with Crippen LogP contribution in [0.4, 0.5) is 9.18 Å². The maximum Gasteiger partial charge on any atom is 0.317 e. The zero-order valence-corrected chi connectivity index (χ0v) is 15.6. The van der Waals surface area contributed by atoms with E-state index in [1.165, 1.54) is 22.7 Å². The van der Waals surface area contributed by atoms with Gasteiger partial charge in [0.2, 0.25) is 10.0 Å². The highest BCUT2D eigenvalue weighted by molar-refractivity contribution is 7.88. The number of nitrogens with zero attached hydrogens (tertiary/aromatic N) is 2. The van der Waals surface area contributed by atoms with Gasteiger partial charge >= 0.3 is 6.03 Å². The standard InChI is InChI=1S/C17H26FN3O3S/c1-3-20(13-15-5-4-6-16(18)11-15)17(22)19-12-14-7-9-21(10-8-14)25(2,23)24/h4-6,11,14H,3,7-10,12-13H2,1-2H3,(H,19,22). The van der Waals surface area contributed by atoms with Crippen molar-refractivity contribution < 1.29 is 17.6 Å². The third kappa shape index (κ3) is 5.97. The van der Waals surface area contributed by atoms with Gasteiger partial charge in [-0.05, 0) is 43.4 Å². The highest BCUT2D eigenvalue weighted by Gasteiger charge is 2.25. The number of sulfonamides is 1. The van der Waals surface area contributed by atoms with E-state index in [0.29, 0.717) is 32.7 Å². The van der Waals surface area contributed by atoms with Crippen LogP contribution in [-0.4, -0.2) is 56.1 Å². The molecule has 0 unspecified atom stereocenters. The molecular weight excluding hydrogens is 345 g/mol. The van der Waals surface area contributed by atoms with Crippen LogP contribution in [0.2, 0.25) is 0 Å². The molecule has 1 aliphatic heterocycles. The number of carbonyl (C=O) groups excluding carboxylic acids is 1. The summed E-state index contributed by atoms with van der Waals surface area (Å²) in [5.41, 5.74) is 0.749. The van der Waals surface area contributed by atoms with Crippen LogP contribution in [0.1, 0.15) is 25.3 Å². The first kappa shape index (κ1) is 19.7. The van der Waals surface area contributed by atoms with Crippen molar-refractivity contribution in [1.82, 2.24) is 14.5 Å². The summed E-state index contributed by atoms with van der Waals surface area (Å²) in [4.78, 5) is 14.0. The molecule has 1 aromatic carbocycles. The average molecular weight is 371 g/mol. The van der Waals surface area contributed by atoms with E-state index in [0.717, 1.165) is 18.4 Å². The number of benzene rings is 1. The largest absolute Gasteiger partial charge is 0.338 e. The number of hydrogen-bond acceptors (Lipinski definition) is 3. The topological polar surface area (TPSA) is 69.7 Å². The van der Waals surface area contributed by atoms with E-state index in [2.05, 4.69) is 5.32 Å². The molecule has 2 amide bonds. The molecule has 1 aliphatic rings. The Morgan fingerprint density at radius 1 is 1.36 bits per heavy atom. The van der Waals surface area contributed by atoms with Gasteiger partial charge in [0.25, 0.3) is 0 Å². The lowest BCUT2D eigenvalue weighted by molar-refractivity contribution is 0.192. The third-order valence-corrected chi connectivity index (χ3v) is 5.82. The van der Waals surface area contributed by atoms with Gasteiger partial charge in [-0.1, -0.05) is 12.1 Å². The average Bonchev–Trinajstić information content (AvgIpc) is 2.57. The molecular formula is C17H26FN3O3S. The van der Waals surface area contributed by atoms with Crippen LogP contribution < -0.4 is 5.32 Å². The van der Waals surface area contributed by atoms with Gasteiger partial charge in [0.1, 0.15) is 5.82 Å². The summed E-state index contributed by atoms with van der Waals surface area (Å²) in [5, 5.41) is 2.92. The van der Waals surface area contributed by atoms with Gasteiger partial charge in [-0.3, -0.25) is 0 Å². The second kappa shape index (κ2) is 8.62. The summed E-state index contributed by atoms with van der Waals surface area (Å²) in [6, 6.07) is 6.04. The van der Waals surface area contributed by atoms with Crippen LogP contribution in [0, 0.1) is 11.7 Å². The van der Waals surface area contributed by atoms with Gasteiger partial charge in [0.05, 0.1) is 6.26 Å². The molecule has 1 N–H and O–H groups in total. The minimum Gasteiger partial charge on any atom is -0.338 e. The number of urea groups is 1. The van der Waals surface area contributed by atoms with E-state index in [1.807, 2.05) is 6.92 Å². The zero-order chi connectivity index (χ0) is 18.4. The molecule has 25 heavy (non-hydrogen) atoms. The van der Waals surface area contributed by atoms with E-state index in [4.69, 9.17) is 0 Å². The van der Waals surface area contributed by atoms with Gasteiger partial charge in [-0.25, -0.2) is 21.9 Å². The van der Waals surface area contributed by atoms with E-state index >= 15 is 0 Å². The Morgan fingerprint density at radius 2 is 2.04 bits per heavy atom. The fourth-order valence-corrected chi connectivity index (χ4v) is 3.85. The van der Waals surface area contributed by atoms with Gasteiger partial charge in [0.15, 0.2) is 0 Å². The molecule has 6 nitrogen and oxygen atoms in total. The number of nitrogens with one attached hydrogen (secondary N) is 1. The van der Waals surface area contributed by atoms with E-state index < -0.39 is 10.0 Å². The fourth-order valence-electron chi connectivity index (χ4n) is 2.97. The Bertz CT molecular complexity index is 688. The molecule has 0 atom stereocenters. The first-order chi connectivity index (χ1) is 11.8. The molecule has 2 rings (SSSR count). The minimum atomic E-state index is -3.13. The molecule has 1 saturated heterocycles. The predicted molar refractivity (Wildman–Crippen MR) is 95.0 cm³/mol. The van der Waals surface area contributed by atoms with Crippen molar-refractivity contribution in [2.45, 2.75) is 26.3 Å². The molecule has 1 heterocycles. The monoisotopic (exact) mass is 371 g/mol. The molecule has 0 radical (unpaired) electrons. The van der Waals surface area contributed by atoms with Crippen molar-refractivity contribution in [1.29, 1.82) is 0 Å². The van der Waals surface area contributed by atoms with Crippen LogP contribution in [0.3, 0.4) is 0 Å². The molecule has 0 saturated carbocycles. The maximum atomic E-state index is 13.3. The molecule has 140 valence electrons. The SMILES string of the molecule is CCN(Cc1cccc(F)c1)C(=O)NCC1CCN(S(C)(=O)=O)CC1. The second-order valence-corrected chi connectivity index (χ2v) is 8.42. The Labute approximate surface area is 149 Å². The van der Waals surface area contributed by atoms with Crippen LogP contribution in [0.5, 0.6) is 0 Å². The second-order valence-electron chi connectivity index (χ2n) is 6.44. The smallest absolute Gasteiger partial charge is 0.317 e. The predicted octanol–water partition coefficient (Wildman–Crippen LogP) is 2.03. The molecule has 0 aromatic heterocycles. The number of carbonyl (C=O) groups is 1. The molecule has 1 aromatic rings. The van der Waals surface area contributed by atoms with E-state index in [9.17, 15) is 17.6 Å². The molecule has 1 fully saturated rings. The fraction of sp³-hybridized carbons (Fsp3) is 0.588. The lowest BCUT2D eigenvalue weighted by atomic mass is 9.98. The number of rotatable bonds is 6. The Hall–Kier alpha value is -1.67. The quantitative estimate of drug-likeness (QED) is 0.832. The van der Waals surface area contributed by atoms with Crippen molar-refractivity contribution in [3.63, 3.8) is 0 Å². The van der Waals surface area contributed by atoms with Crippen LogP contribution in [-0.2, 0) is 16.6 Å². The highest BCUT2D eigenvalue weighted by atomic mass is 32.2. The summed E-state index contributed by atoms with van der Waals surface area (Å²) in [6.07, 6.45) is 2.70. The molecule has 0 aliphatic carbocycles. The van der Waals surface area contributed by atoms with E-state index in [1.54, 1.807) is 17.0 Å². The Balaban J connectivity index is 1.80. The van der Waals surface area contributed by atoms with Crippen molar-refractivity contribution in [3.8, 4) is 0 Å². The summed E-state index contributed by atoms with van der Waals surface area (Å²) in [5.74, 6) is -0.0403. The first-order valence-corrected chi connectivity index (χ1v) is 10.4. The van der Waals surface area contributed by atoms with Crippen molar-refractivity contribution >= 4 is 16.1 Å². The van der Waals surface area contributed by atoms with Gasteiger partial charge < -0.3 is 10.2 Å². The minimum absolute atomic E-state index is 0.183. The zero-order valence-electron chi connectivity index (χ0n) is 14.7. The third-order valence-electron chi connectivity index (χ3n) is 4.52. The van der Waals surface area contributed by atoms with Crippen molar-refractivity contribution in [2.75, 3.05) is 32.4 Å². The number of piperidine rings is 1. The summed E-state index contributed by atoms with van der Waals surface area (Å²) in [7, 11) is -3.13. The van der Waals surface area contributed by atoms with Crippen molar-refractivity contribution in [2.24, 2.45) is 5.92 Å². The lowest BCUT2D eigenvalue weighted by Gasteiger charge is -2.31. The Kier molecular flexibility index (Phi) is 6.78. The number of hydrogen-bond donors (Lipinski definition) is 1. The van der Waals surface area contributed by atoms with Crippen LogP contribution >= 0.6 is 0 Å².